The van der Waals surface area contributed by atoms with E-state index in [9.17, 15) is 9.59 Å². The minimum Gasteiger partial charge on any atom is -0.481 e. The smallest absolute Gasteiger partial charge is 0.315 e. The zero-order valence-electron chi connectivity index (χ0n) is 14.8. The van der Waals surface area contributed by atoms with Gasteiger partial charge in [0.15, 0.2) is 0 Å². The first-order valence-electron chi connectivity index (χ1n) is 8.86. The van der Waals surface area contributed by atoms with E-state index in [1.165, 1.54) is 0 Å². The van der Waals surface area contributed by atoms with Gasteiger partial charge in [-0.25, -0.2) is 9.78 Å². The molecule has 1 aromatic rings. The van der Waals surface area contributed by atoms with Gasteiger partial charge in [0.1, 0.15) is 0 Å². The van der Waals surface area contributed by atoms with Crippen LogP contribution in [-0.2, 0) is 11.3 Å². The molecule has 3 N–H and O–H groups in total. The Morgan fingerprint density at radius 2 is 2.08 bits per heavy atom. The van der Waals surface area contributed by atoms with Gasteiger partial charge in [0.05, 0.1) is 12.0 Å². The van der Waals surface area contributed by atoms with Crippen LogP contribution in [0.3, 0.4) is 0 Å². The summed E-state index contributed by atoms with van der Waals surface area (Å²) >= 11 is 0. The van der Waals surface area contributed by atoms with Crippen molar-refractivity contribution in [3.63, 3.8) is 0 Å². The molecule has 25 heavy (non-hydrogen) atoms. The Morgan fingerprint density at radius 3 is 2.72 bits per heavy atom. The molecule has 0 aliphatic heterocycles. The lowest BCUT2D eigenvalue weighted by atomic mass is 9.86. The number of pyridine rings is 1. The molecule has 0 aromatic carbocycles. The van der Waals surface area contributed by atoms with Crippen LogP contribution < -0.4 is 15.4 Å². The van der Waals surface area contributed by atoms with E-state index >= 15 is 0 Å². The number of carboxylic acids is 1. The van der Waals surface area contributed by atoms with E-state index < -0.39 is 5.97 Å². The highest BCUT2D eigenvalue weighted by molar-refractivity contribution is 5.74. The average Bonchev–Trinajstić information content (AvgIpc) is 2.60. The van der Waals surface area contributed by atoms with Crippen LogP contribution in [0.2, 0.25) is 0 Å². The zero-order chi connectivity index (χ0) is 18.2. The number of hydrogen-bond acceptors (Lipinski definition) is 4. The molecule has 1 aliphatic rings. The Labute approximate surface area is 148 Å². The van der Waals surface area contributed by atoms with E-state index in [1.54, 1.807) is 6.20 Å². The predicted octanol–water partition coefficient (Wildman–Crippen LogP) is 2.70. The van der Waals surface area contributed by atoms with Crippen molar-refractivity contribution in [2.24, 2.45) is 5.92 Å². The fraction of sp³-hybridized carbons (Fsp3) is 0.611. The van der Waals surface area contributed by atoms with Gasteiger partial charge in [-0.15, -0.1) is 0 Å². The third kappa shape index (κ3) is 6.25. The topological polar surface area (TPSA) is 101 Å². The van der Waals surface area contributed by atoms with Crippen molar-refractivity contribution in [3.8, 4) is 5.88 Å². The average molecular weight is 349 g/mol. The molecule has 1 saturated carbocycles. The summed E-state index contributed by atoms with van der Waals surface area (Å²) in [5, 5.41) is 14.7. The number of carbonyl (C=O) groups is 2. The highest BCUT2D eigenvalue weighted by Crippen LogP contribution is 2.24. The maximum atomic E-state index is 12.0. The normalized spacial score (nSPS) is 21.2. The maximum absolute atomic E-state index is 12.0. The first-order valence-corrected chi connectivity index (χ1v) is 8.86. The molecule has 2 rings (SSSR count). The lowest BCUT2D eigenvalue weighted by Crippen LogP contribution is -2.43. The number of amides is 2. The van der Waals surface area contributed by atoms with Crippen molar-refractivity contribution in [2.45, 2.75) is 64.6 Å². The number of ether oxygens (including phenoxy) is 1. The molecule has 0 spiro atoms. The van der Waals surface area contributed by atoms with Gasteiger partial charge in [-0.05, 0) is 50.7 Å². The molecule has 1 aromatic heterocycles. The lowest BCUT2D eigenvalue weighted by Gasteiger charge is -2.26. The number of aliphatic carboxylic acids is 1. The van der Waals surface area contributed by atoms with Crippen LogP contribution in [0.25, 0.3) is 0 Å². The Kier molecular flexibility index (Phi) is 7.03. The molecular weight excluding hydrogens is 322 g/mol. The SMILES string of the molecule is CCC(C)Oc1cc(CNC(=O)NC2CCC(C(=O)O)CC2)ccn1. The van der Waals surface area contributed by atoms with Gasteiger partial charge >= 0.3 is 12.0 Å². The molecule has 1 atom stereocenters. The molecule has 7 nitrogen and oxygen atoms in total. The molecule has 7 heteroatoms. The predicted molar refractivity (Wildman–Crippen MR) is 93.4 cm³/mol. The van der Waals surface area contributed by atoms with Crippen molar-refractivity contribution in [3.05, 3.63) is 23.9 Å². The number of nitrogens with one attached hydrogen (secondary N) is 2. The number of nitrogens with zero attached hydrogens (tertiary/aromatic N) is 1. The highest BCUT2D eigenvalue weighted by atomic mass is 16.5. The molecule has 138 valence electrons. The second kappa shape index (κ2) is 9.25. The molecule has 0 saturated heterocycles. The molecule has 0 radical (unpaired) electrons. The van der Waals surface area contributed by atoms with E-state index in [-0.39, 0.29) is 24.1 Å². The van der Waals surface area contributed by atoms with E-state index in [0.717, 1.165) is 12.0 Å². The van der Waals surface area contributed by atoms with Crippen LogP contribution in [0.5, 0.6) is 5.88 Å². The third-order valence-electron chi connectivity index (χ3n) is 4.56. The number of carbonyl (C=O) groups excluding carboxylic acids is 1. The summed E-state index contributed by atoms with van der Waals surface area (Å²) in [7, 11) is 0. The summed E-state index contributed by atoms with van der Waals surface area (Å²) in [4.78, 5) is 27.1. The van der Waals surface area contributed by atoms with Crippen LogP contribution in [0.4, 0.5) is 4.79 Å². The van der Waals surface area contributed by atoms with Crippen LogP contribution in [0.15, 0.2) is 18.3 Å². The standard InChI is InChI=1S/C18H27N3O4/c1-3-12(2)25-16-10-13(8-9-19-16)11-20-18(24)21-15-6-4-14(5-7-15)17(22)23/h8-10,12,14-15H,3-7,11H2,1-2H3,(H,22,23)(H2,20,21,24). The van der Waals surface area contributed by atoms with E-state index in [2.05, 4.69) is 15.6 Å². The fourth-order valence-electron chi connectivity index (χ4n) is 2.82. The van der Waals surface area contributed by atoms with Gasteiger partial charge in [-0.3, -0.25) is 4.79 Å². The van der Waals surface area contributed by atoms with E-state index in [4.69, 9.17) is 9.84 Å². The molecule has 1 heterocycles. The monoisotopic (exact) mass is 349 g/mol. The van der Waals surface area contributed by atoms with Crippen molar-refractivity contribution in [2.75, 3.05) is 0 Å². The number of hydrogen-bond donors (Lipinski definition) is 3. The number of rotatable bonds is 7. The van der Waals surface area contributed by atoms with Crippen LogP contribution in [-0.4, -0.2) is 34.2 Å². The van der Waals surface area contributed by atoms with Crippen molar-refractivity contribution in [1.29, 1.82) is 0 Å². The van der Waals surface area contributed by atoms with Gasteiger partial charge < -0.3 is 20.5 Å². The van der Waals surface area contributed by atoms with Gasteiger partial charge in [0, 0.05) is 24.8 Å². The number of carboxylic acid groups (broad SMARTS) is 1. The van der Waals surface area contributed by atoms with E-state index in [1.807, 2.05) is 26.0 Å². The number of aromatic nitrogens is 1. The molecule has 2 amide bonds. The summed E-state index contributed by atoms with van der Waals surface area (Å²) in [6, 6.07) is 3.46. The molecular formula is C18H27N3O4. The van der Waals surface area contributed by atoms with Gasteiger partial charge in [0.25, 0.3) is 0 Å². The molecule has 0 bridgehead atoms. The second-order valence-electron chi connectivity index (χ2n) is 6.55. The summed E-state index contributed by atoms with van der Waals surface area (Å²) in [6.45, 7) is 4.42. The summed E-state index contributed by atoms with van der Waals surface area (Å²) in [6.07, 6.45) is 5.29. The van der Waals surface area contributed by atoms with Crippen LogP contribution >= 0.6 is 0 Å². The summed E-state index contributed by atoms with van der Waals surface area (Å²) in [5.41, 5.74) is 0.915. The van der Waals surface area contributed by atoms with Gasteiger partial charge in [-0.2, -0.15) is 0 Å². The minimum absolute atomic E-state index is 0.0392. The highest BCUT2D eigenvalue weighted by Gasteiger charge is 2.26. The minimum atomic E-state index is -0.740. The largest absolute Gasteiger partial charge is 0.481 e. The van der Waals surface area contributed by atoms with E-state index in [0.29, 0.717) is 38.1 Å². The van der Waals surface area contributed by atoms with Crippen LogP contribution in [0, 0.1) is 5.92 Å². The van der Waals surface area contributed by atoms with Gasteiger partial charge in [0.2, 0.25) is 5.88 Å². The number of urea groups is 1. The Bertz CT molecular complexity index is 585. The maximum Gasteiger partial charge on any atom is 0.315 e. The Morgan fingerprint density at radius 1 is 1.36 bits per heavy atom. The Hall–Kier alpha value is -2.31. The first-order chi connectivity index (χ1) is 12.0. The molecule has 1 fully saturated rings. The Balaban J connectivity index is 1.75. The quantitative estimate of drug-likeness (QED) is 0.703. The van der Waals surface area contributed by atoms with Crippen molar-refractivity contribution in [1.82, 2.24) is 15.6 Å². The molecule has 1 unspecified atom stereocenters. The third-order valence-corrected chi connectivity index (χ3v) is 4.56. The van der Waals surface area contributed by atoms with Gasteiger partial charge in [-0.1, -0.05) is 6.92 Å². The van der Waals surface area contributed by atoms with Crippen molar-refractivity contribution >= 4 is 12.0 Å². The second-order valence-corrected chi connectivity index (χ2v) is 6.55. The van der Waals surface area contributed by atoms with Crippen LogP contribution in [0.1, 0.15) is 51.5 Å². The molecule has 1 aliphatic carbocycles. The fourth-order valence-corrected chi connectivity index (χ4v) is 2.82. The first kappa shape index (κ1) is 19.0. The van der Waals surface area contributed by atoms with Crippen molar-refractivity contribution < 1.29 is 19.4 Å². The summed E-state index contributed by atoms with van der Waals surface area (Å²) < 4.78 is 5.67. The lowest BCUT2D eigenvalue weighted by molar-refractivity contribution is -0.142. The zero-order valence-corrected chi connectivity index (χ0v) is 14.8. The summed E-state index contributed by atoms with van der Waals surface area (Å²) in [5.74, 6) is -0.459.